The lowest BCUT2D eigenvalue weighted by Gasteiger charge is -2.45. The van der Waals surface area contributed by atoms with Crippen LogP contribution in [0.3, 0.4) is 0 Å². The number of rotatable bonds is 5. The first kappa shape index (κ1) is 20.7. The number of ether oxygens (including phenoxy) is 3. The number of carbonyl (C=O) groups is 1. The SMILES string of the molecule is COc1ccc2c(c1)CCOC21CCN(C(=O)c2ccc(C)c(OCCN)c2)CC1. The molecule has 2 heterocycles. The van der Waals surface area contributed by atoms with Crippen LogP contribution in [-0.4, -0.2) is 50.8 Å². The molecule has 1 amide bonds. The lowest BCUT2D eigenvalue weighted by molar-refractivity contribution is -0.0935. The minimum Gasteiger partial charge on any atom is -0.497 e. The highest BCUT2D eigenvalue weighted by molar-refractivity contribution is 5.94. The second-order valence-corrected chi connectivity index (χ2v) is 8.03. The molecule has 30 heavy (non-hydrogen) atoms. The van der Waals surface area contributed by atoms with Crippen LogP contribution in [0.1, 0.15) is 39.9 Å². The van der Waals surface area contributed by atoms with Crippen molar-refractivity contribution in [3.05, 3.63) is 58.7 Å². The van der Waals surface area contributed by atoms with Gasteiger partial charge in [0.25, 0.3) is 5.91 Å². The summed E-state index contributed by atoms with van der Waals surface area (Å²) in [5.41, 5.74) is 9.42. The fraction of sp³-hybridized carbons (Fsp3) is 0.458. The summed E-state index contributed by atoms with van der Waals surface area (Å²) in [6, 6.07) is 11.9. The molecule has 2 aromatic rings. The third-order valence-electron chi connectivity index (χ3n) is 6.22. The summed E-state index contributed by atoms with van der Waals surface area (Å²) in [4.78, 5) is 15.0. The van der Waals surface area contributed by atoms with E-state index in [2.05, 4.69) is 12.1 Å². The van der Waals surface area contributed by atoms with Crippen molar-refractivity contribution in [3.63, 3.8) is 0 Å². The van der Waals surface area contributed by atoms with Crippen molar-refractivity contribution in [1.82, 2.24) is 4.90 Å². The van der Waals surface area contributed by atoms with Gasteiger partial charge in [-0.2, -0.15) is 0 Å². The van der Waals surface area contributed by atoms with Gasteiger partial charge in [0.05, 0.1) is 19.3 Å². The Hall–Kier alpha value is -2.57. The number of hydrogen-bond acceptors (Lipinski definition) is 5. The first-order chi connectivity index (χ1) is 14.6. The topological polar surface area (TPSA) is 74.0 Å². The molecular formula is C24H30N2O4. The molecule has 1 fully saturated rings. The summed E-state index contributed by atoms with van der Waals surface area (Å²) in [7, 11) is 1.69. The van der Waals surface area contributed by atoms with Gasteiger partial charge in [-0.1, -0.05) is 12.1 Å². The van der Waals surface area contributed by atoms with Gasteiger partial charge in [-0.25, -0.2) is 0 Å². The van der Waals surface area contributed by atoms with Crippen molar-refractivity contribution < 1.29 is 19.0 Å². The van der Waals surface area contributed by atoms with Crippen LogP contribution in [0.25, 0.3) is 0 Å². The van der Waals surface area contributed by atoms with Gasteiger partial charge < -0.3 is 24.8 Å². The zero-order valence-electron chi connectivity index (χ0n) is 17.8. The molecule has 0 saturated carbocycles. The van der Waals surface area contributed by atoms with E-state index in [0.717, 1.165) is 36.3 Å². The van der Waals surface area contributed by atoms with Gasteiger partial charge in [-0.15, -0.1) is 0 Å². The molecule has 0 aliphatic carbocycles. The fourth-order valence-electron chi connectivity index (χ4n) is 4.51. The average Bonchev–Trinajstić information content (AvgIpc) is 2.78. The molecule has 0 radical (unpaired) electrons. The smallest absolute Gasteiger partial charge is 0.253 e. The number of nitrogens with two attached hydrogens (primary N) is 1. The van der Waals surface area contributed by atoms with Crippen molar-refractivity contribution in [1.29, 1.82) is 0 Å². The first-order valence-corrected chi connectivity index (χ1v) is 10.6. The largest absolute Gasteiger partial charge is 0.497 e. The minimum absolute atomic E-state index is 0.0354. The molecule has 0 aromatic heterocycles. The van der Waals surface area contributed by atoms with Crippen LogP contribution in [0, 0.1) is 6.92 Å². The van der Waals surface area contributed by atoms with Crippen molar-refractivity contribution in [3.8, 4) is 11.5 Å². The molecule has 0 unspecified atom stereocenters. The van der Waals surface area contributed by atoms with Gasteiger partial charge in [0.15, 0.2) is 0 Å². The van der Waals surface area contributed by atoms with Gasteiger partial charge in [0.1, 0.15) is 18.1 Å². The van der Waals surface area contributed by atoms with Crippen LogP contribution in [0.15, 0.2) is 36.4 Å². The van der Waals surface area contributed by atoms with E-state index in [-0.39, 0.29) is 11.5 Å². The maximum Gasteiger partial charge on any atom is 0.253 e. The molecule has 0 bridgehead atoms. The molecule has 6 heteroatoms. The number of carbonyl (C=O) groups excluding carboxylic acids is 1. The third-order valence-corrected chi connectivity index (χ3v) is 6.22. The Morgan fingerprint density at radius 1 is 1.20 bits per heavy atom. The number of hydrogen-bond donors (Lipinski definition) is 1. The number of nitrogens with zero attached hydrogens (tertiary/aromatic N) is 1. The van der Waals surface area contributed by atoms with Gasteiger partial charge in [-0.05, 0) is 67.1 Å². The van der Waals surface area contributed by atoms with E-state index in [1.807, 2.05) is 36.1 Å². The molecule has 0 atom stereocenters. The number of likely N-dealkylation sites (tertiary alicyclic amines) is 1. The first-order valence-electron chi connectivity index (χ1n) is 10.6. The van der Waals surface area contributed by atoms with E-state index < -0.39 is 0 Å². The van der Waals surface area contributed by atoms with E-state index in [1.165, 1.54) is 11.1 Å². The quantitative estimate of drug-likeness (QED) is 0.820. The maximum absolute atomic E-state index is 13.1. The molecule has 2 aliphatic rings. The van der Waals surface area contributed by atoms with Crippen LogP contribution in [-0.2, 0) is 16.8 Å². The number of amides is 1. The third kappa shape index (κ3) is 3.89. The summed E-state index contributed by atoms with van der Waals surface area (Å²) in [5.74, 6) is 1.64. The van der Waals surface area contributed by atoms with Crippen LogP contribution >= 0.6 is 0 Å². The predicted octanol–water partition coefficient (Wildman–Crippen LogP) is 3.05. The number of aryl methyl sites for hydroxylation is 1. The van der Waals surface area contributed by atoms with Crippen LogP contribution in [0.5, 0.6) is 11.5 Å². The Balaban J connectivity index is 1.48. The number of benzene rings is 2. The normalized spacial score (nSPS) is 17.5. The van der Waals surface area contributed by atoms with Gasteiger partial charge in [-0.3, -0.25) is 4.79 Å². The van der Waals surface area contributed by atoms with Crippen molar-refractivity contribution in [2.45, 2.75) is 31.8 Å². The predicted molar refractivity (Wildman–Crippen MR) is 115 cm³/mol. The van der Waals surface area contributed by atoms with Crippen molar-refractivity contribution in [2.75, 3.05) is 40.0 Å². The highest BCUT2D eigenvalue weighted by atomic mass is 16.5. The minimum atomic E-state index is -0.306. The molecule has 4 rings (SSSR count). The van der Waals surface area contributed by atoms with Crippen LogP contribution < -0.4 is 15.2 Å². The van der Waals surface area contributed by atoms with E-state index in [1.54, 1.807) is 7.11 Å². The summed E-state index contributed by atoms with van der Waals surface area (Å²) in [6.45, 7) is 4.88. The molecule has 2 N–H and O–H groups in total. The van der Waals surface area contributed by atoms with E-state index >= 15 is 0 Å². The highest BCUT2D eigenvalue weighted by Gasteiger charge is 2.41. The Morgan fingerprint density at radius 3 is 2.73 bits per heavy atom. The maximum atomic E-state index is 13.1. The lowest BCUT2D eigenvalue weighted by Crippen LogP contribution is -2.48. The zero-order valence-corrected chi connectivity index (χ0v) is 17.8. The molecule has 1 spiro atoms. The Bertz CT molecular complexity index is 919. The number of fused-ring (bicyclic) bond motifs is 2. The Labute approximate surface area is 177 Å². The zero-order chi connectivity index (χ0) is 21.1. The molecule has 160 valence electrons. The molecular weight excluding hydrogens is 380 g/mol. The lowest BCUT2D eigenvalue weighted by atomic mass is 9.79. The summed E-state index contributed by atoms with van der Waals surface area (Å²) >= 11 is 0. The molecule has 1 saturated heterocycles. The van der Waals surface area contributed by atoms with E-state index in [9.17, 15) is 4.79 Å². The van der Waals surface area contributed by atoms with Crippen molar-refractivity contribution in [2.24, 2.45) is 5.73 Å². The molecule has 6 nitrogen and oxygen atoms in total. The summed E-state index contributed by atoms with van der Waals surface area (Å²) < 4.78 is 17.4. The standard InChI is InChI=1S/C24H30N2O4/c1-17-3-4-19(16-22(17)29-14-10-25)23(27)26-11-8-24(9-12-26)21-6-5-20(28-2)15-18(21)7-13-30-24/h3-6,15-16H,7-14,25H2,1-2H3. The van der Waals surface area contributed by atoms with E-state index in [0.29, 0.717) is 38.4 Å². The Morgan fingerprint density at radius 2 is 2.00 bits per heavy atom. The number of methoxy groups -OCH3 is 1. The Kier molecular flexibility index (Phi) is 5.97. The van der Waals surface area contributed by atoms with Gasteiger partial charge >= 0.3 is 0 Å². The highest BCUT2D eigenvalue weighted by Crippen LogP contribution is 2.42. The van der Waals surface area contributed by atoms with E-state index in [4.69, 9.17) is 19.9 Å². The summed E-state index contributed by atoms with van der Waals surface area (Å²) in [5, 5.41) is 0. The average molecular weight is 411 g/mol. The number of piperidine rings is 1. The second-order valence-electron chi connectivity index (χ2n) is 8.03. The van der Waals surface area contributed by atoms with Gasteiger partial charge in [0, 0.05) is 25.2 Å². The molecule has 2 aromatic carbocycles. The summed E-state index contributed by atoms with van der Waals surface area (Å²) in [6.07, 6.45) is 2.48. The van der Waals surface area contributed by atoms with Crippen molar-refractivity contribution >= 4 is 5.91 Å². The van der Waals surface area contributed by atoms with Gasteiger partial charge in [0.2, 0.25) is 0 Å². The van der Waals surface area contributed by atoms with Crippen LogP contribution in [0.2, 0.25) is 0 Å². The molecule has 2 aliphatic heterocycles. The van der Waals surface area contributed by atoms with Crippen LogP contribution in [0.4, 0.5) is 0 Å². The second kappa shape index (κ2) is 8.66. The fourth-order valence-corrected chi connectivity index (χ4v) is 4.51. The monoisotopic (exact) mass is 410 g/mol.